The second-order valence-corrected chi connectivity index (χ2v) is 6.89. The number of carbonyl (C=O) groups is 1. The van der Waals surface area contributed by atoms with Crippen molar-refractivity contribution in [1.82, 2.24) is 9.80 Å². The average molecular weight is 265 g/mol. The fraction of sp³-hybridized carbons (Fsp3) is 0.933. The van der Waals surface area contributed by atoms with E-state index in [4.69, 9.17) is 5.73 Å². The number of hydrogen-bond acceptors (Lipinski definition) is 3. The summed E-state index contributed by atoms with van der Waals surface area (Å²) in [6, 6.07) is 0.859. The highest BCUT2D eigenvalue weighted by atomic mass is 16.2. The van der Waals surface area contributed by atoms with Gasteiger partial charge in [0.15, 0.2) is 0 Å². The van der Waals surface area contributed by atoms with Gasteiger partial charge < -0.3 is 10.6 Å². The van der Waals surface area contributed by atoms with Gasteiger partial charge in [-0.05, 0) is 44.6 Å². The normalized spacial score (nSPS) is 40.2. The van der Waals surface area contributed by atoms with E-state index in [1.54, 1.807) is 0 Å². The number of carbonyl (C=O) groups excluding carboxylic acids is 1. The SMILES string of the molecule is CC1CC(N)CC(C(=O)N2CCN3CCCC3C2)C1. The summed E-state index contributed by atoms with van der Waals surface area (Å²) in [7, 11) is 0. The average Bonchev–Trinajstić information content (AvgIpc) is 2.83. The number of nitrogens with two attached hydrogens (primary N) is 1. The van der Waals surface area contributed by atoms with Gasteiger partial charge >= 0.3 is 0 Å². The van der Waals surface area contributed by atoms with E-state index in [1.807, 2.05) is 0 Å². The van der Waals surface area contributed by atoms with Crippen LogP contribution in [-0.2, 0) is 4.79 Å². The number of fused-ring (bicyclic) bond motifs is 1. The number of piperazine rings is 1. The first-order chi connectivity index (χ1) is 9.13. The Balaban J connectivity index is 1.60. The molecule has 3 fully saturated rings. The maximum absolute atomic E-state index is 12.7. The molecule has 0 spiro atoms. The van der Waals surface area contributed by atoms with E-state index in [1.165, 1.54) is 19.4 Å². The van der Waals surface area contributed by atoms with Crippen LogP contribution in [0.5, 0.6) is 0 Å². The van der Waals surface area contributed by atoms with E-state index >= 15 is 0 Å². The molecule has 0 aromatic carbocycles. The zero-order valence-electron chi connectivity index (χ0n) is 12.1. The molecule has 4 heteroatoms. The number of amides is 1. The molecule has 0 bridgehead atoms. The lowest BCUT2D eigenvalue weighted by atomic mass is 9.79. The van der Waals surface area contributed by atoms with Crippen molar-refractivity contribution in [3.05, 3.63) is 0 Å². The fourth-order valence-corrected chi connectivity index (χ4v) is 4.31. The topological polar surface area (TPSA) is 49.6 Å². The monoisotopic (exact) mass is 265 g/mol. The van der Waals surface area contributed by atoms with Gasteiger partial charge in [0.1, 0.15) is 0 Å². The maximum Gasteiger partial charge on any atom is 0.225 e. The first-order valence-corrected chi connectivity index (χ1v) is 7.92. The quantitative estimate of drug-likeness (QED) is 0.771. The van der Waals surface area contributed by atoms with Crippen LogP contribution in [0.3, 0.4) is 0 Å². The molecule has 1 aliphatic carbocycles. The highest BCUT2D eigenvalue weighted by Gasteiger charge is 2.37. The lowest BCUT2D eigenvalue weighted by Crippen LogP contribution is -2.54. The highest BCUT2D eigenvalue weighted by Crippen LogP contribution is 2.31. The molecule has 19 heavy (non-hydrogen) atoms. The van der Waals surface area contributed by atoms with Crippen LogP contribution in [0.25, 0.3) is 0 Å². The summed E-state index contributed by atoms with van der Waals surface area (Å²) >= 11 is 0. The Morgan fingerprint density at radius 1 is 1.16 bits per heavy atom. The number of rotatable bonds is 1. The molecule has 2 heterocycles. The van der Waals surface area contributed by atoms with Crippen LogP contribution in [0.2, 0.25) is 0 Å². The van der Waals surface area contributed by atoms with Crippen molar-refractivity contribution in [2.45, 2.75) is 51.1 Å². The summed E-state index contributed by atoms with van der Waals surface area (Å²) < 4.78 is 0. The summed E-state index contributed by atoms with van der Waals surface area (Å²) in [6.45, 7) is 6.42. The molecule has 4 nitrogen and oxygen atoms in total. The molecular formula is C15H27N3O. The Morgan fingerprint density at radius 3 is 2.79 bits per heavy atom. The summed E-state index contributed by atoms with van der Waals surface area (Å²) in [4.78, 5) is 17.4. The molecule has 0 radical (unpaired) electrons. The first kappa shape index (κ1) is 13.4. The zero-order valence-corrected chi connectivity index (χ0v) is 12.1. The van der Waals surface area contributed by atoms with Crippen LogP contribution in [0, 0.1) is 11.8 Å². The third-order valence-electron chi connectivity index (χ3n) is 5.23. The molecule has 1 amide bonds. The van der Waals surface area contributed by atoms with E-state index < -0.39 is 0 Å². The van der Waals surface area contributed by atoms with Crippen molar-refractivity contribution < 1.29 is 4.79 Å². The van der Waals surface area contributed by atoms with Crippen LogP contribution < -0.4 is 5.73 Å². The summed E-state index contributed by atoms with van der Waals surface area (Å²) in [5.41, 5.74) is 6.09. The van der Waals surface area contributed by atoms with E-state index in [-0.39, 0.29) is 12.0 Å². The van der Waals surface area contributed by atoms with Crippen molar-refractivity contribution in [1.29, 1.82) is 0 Å². The Bertz CT molecular complexity index is 336. The second-order valence-electron chi connectivity index (χ2n) is 6.89. The molecule has 3 aliphatic rings. The van der Waals surface area contributed by atoms with Crippen molar-refractivity contribution in [2.75, 3.05) is 26.2 Å². The molecular weight excluding hydrogens is 238 g/mol. The van der Waals surface area contributed by atoms with Crippen LogP contribution in [-0.4, -0.2) is 54.0 Å². The van der Waals surface area contributed by atoms with Gasteiger partial charge in [0.25, 0.3) is 0 Å². The summed E-state index contributed by atoms with van der Waals surface area (Å²) in [6.07, 6.45) is 5.59. The Morgan fingerprint density at radius 2 is 2.00 bits per heavy atom. The van der Waals surface area contributed by atoms with Gasteiger partial charge in [0.05, 0.1) is 0 Å². The van der Waals surface area contributed by atoms with Crippen LogP contribution in [0.4, 0.5) is 0 Å². The fourth-order valence-electron chi connectivity index (χ4n) is 4.31. The van der Waals surface area contributed by atoms with E-state index in [0.717, 1.165) is 38.9 Å². The van der Waals surface area contributed by atoms with E-state index in [0.29, 0.717) is 17.9 Å². The molecule has 0 aromatic heterocycles. The molecule has 0 aromatic rings. The van der Waals surface area contributed by atoms with Gasteiger partial charge in [0, 0.05) is 37.6 Å². The van der Waals surface area contributed by atoms with Crippen molar-refractivity contribution in [2.24, 2.45) is 17.6 Å². The molecule has 1 saturated carbocycles. The van der Waals surface area contributed by atoms with Crippen molar-refractivity contribution in [3.8, 4) is 0 Å². The maximum atomic E-state index is 12.7. The number of nitrogens with zero attached hydrogens (tertiary/aromatic N) is 2. The molecule has 2 N–H and O–H groups in total. The van der Waals surface area contributed by atoms with Gasteiger partial charge in [-0.15, -0.1) is 0 Å². The van der Waals surface area contributed by atoms with Crippen LogP contribution >= 0.6 is 0 Å². The molecule has 2 aliphatic heterocycles. The molecule has 2 saturated heterocycles. The van der Waals surface area contributed by atoms with E-state index in [2.05, 4.69) is 16.7 Å². The summed E-state index contributed by atoms with van der Waals surface area (Å²) in [5, 5.41) is 0. The minimum atomic E-state index is 0.187. The van der Waals surface area contributed by atoms with Crippen LogP contribution in [0.15, 0.2) is 0 Å². The van der Waals surface area contributed by atoms with Gasteiger partial charge in [-0.25, -0.2) is 0 Å². The van der Waals surface area contributed by atoms with Crippen molar-refractivity contribution in [3.63, 3.8) is 0 Å². The zero-order chi connectivity index (χ0) is 13.4. The second kappa shape index (κ2) is 5.41. The lowest BCUT2D eigenvalue weighted by Gasteiger charge is -2.40. The van der Waals surface area contributed by atoms with Gasteiger partial charge in [-0.3, -0.25) is 9.69 Å². The molecule has 3 rings (SSSR count). The smallest absolute Gasteiger partial charge is 0.225 e. The first-order valence-electron chi connectivity index (χ1n) is 7.92. The predicted octanol–water partition coefficient (Wildman–Crippen LogP) is 1.06. The Kier molecular flexibility index (Phi) is 3.81. The standard InChI is InChI=1S/C15H27N3O/c1-11-7-12(9-13(16)8-11)15(19)18-6-5-17-4-2-3-14(17)10-18/h11-14H,2-10,16H2,1H3. The highest BCUT2D eigenvalue weighted by molar-refractivity contribution is 5.79. The molecule has 4 unspecified atom stereocenters. The largest absolute Gasteiger partial charge is 0.340 e. The Hall–Kier alpha value is -0.610. The van der Waals surface area contributed by atoms with Gasteiger partial charge in [-0.2, -0.15) is 0 Å². The molecule has 108 valence electrons. The minimum absolute atomic E-state index is 0.187. The minimum Gasteiger partial charge on any atom is -0.340 e. The molecule has 4 atom stereocenters. The van der Waals surface area contributed by atoms with Crippen molar-refractivity contribution >= 4 is 5.91 Å². The van der Waals surface area contributed by atoms with Gasteiger partial charge in [-0.1, -0.05) is 6.92 Å². The predicted molar refractivity (Wildman–Crippen MR) is 75.7 cm³/mol. The number of hydrogen-bond donors (Lipinski definition) is 1. The third-order valence-corrected chi connectivity index (χ3v) is 5.23. The Labute approximate surface area is 116 Å². The van der Waals surface area contributed by atoms with Crippen LogP contribution in [0.1, 0.15) is 39.0 Å². The summed E-state index contributed by atoms with van der Waals surface area (Å²) in [5.74, 6) is 1.17. The third kappa shape index (κ3) is 2.79. The van der Waals surface area contributed by atoms with E-state index in [9.17, 15) is 4.79 Å². The van der Waals surface area contributed by atoms with Gasteiger partial charge in [0.2, 0.25) is 5.91 Å². The lowest BCUT2D eigenvalue weighted by molar-refractivity contribution is -0.139.